The van der Waals surface area contributed by atoms with Crippen LogP contribution in [0.4, 0.5) is 17.6 Å². The van der Waals surface area contributed by atoms with Gasteiger partial charge in [0.05, 0.1) is 19.7 Å². The van der Waals surface area contributed by atoms with E-state index in [1.807, 2.05) is 36.5 Å². The van der Waals surface area contributed by atoms with Gasteiger partial charge in [-0.25, -0.2) is 15.0 Å². The largest absolute Gasteiger partial charge is 0.493 e. The van der Waals surface area contributed by atoms with Gasteiger partial charge in [0.25, 0.3) is 0 Å². The molecule has 1 aliphatic rings. The molecule has 1 saturated heterocycles. The molecular weight excluding hydrogens is 430 g/mol. The fourth-order valence-electron chi connectivity index (χ4n) is 4.25. The first-order chi connectivity index (χ1) is 16.7. The van der Waals surface area contributed by atoms with E-state index in [4.69, 9.17) is 15.2 Å². The number of methoxy groups -OCH3 is 2. The third kappa shape index (κ3) is 4.24. The van der Waals surface area contributed by atoms with Gasteiger partial charge in [0.2, 0.25) is 5.95 Å². The third-order valence-corrected chi connectivity index (χ3v) is 6.10. The molecule has 9 heteroatoms. The van der Waals surface area contributed by atoms with Gasteiger partial charge in [0, 0.05) is 55.8 Å². The molecule has 2 aromatic heterocycles. The van der Waals surface area contributed by atoms with E-state index in [2.05, 4.69) is 41.9 Å². The van der Waals surface area contributed by atoms with Crippen LogP contribution in [0, 0.1) is 0 Å². The molecular formula is C25H27N7O2. The van der Waals surface area contributed by atoms with Crippen LogP contribution in [0.15, 0.2) is 55.0 Å². The average molecular weight is 458 g/mol. The summed E-state index contributed by atoms with van der Waals surface area (Å²) < 4.78 is 10.9. The zero-order valence-corrected chi connectivity index (χ0v) is 19.3. The van der Waals surface area contributed by atoms with Crippen LogP contribution >= 0.6 is 0 Å². The SMILES string of the molecule is COc1cc2ncnc(N3CCN(c4ncc(Cc5ccccc5)c(N)n4)CC3)c2cc1OC. The standard InChI is InChI=1S/C25H27N7O2/c1-33-21-13-19-20(14-22(21)34-2)28-16-29-24(19)31-8-10-32(11-9-31)25-27-15-18(23(26)30-25)12-17-6-4-3-5-7-17/h3-7,13-16H,8-12H2,1-2H3,(H2,26,27,30). The summed E-state index contributed by atoms with van der Waals surface area (Å²) in [6, 6.07) is 14.0. The van der Waals surface area contributed by atoms with E-state index in [9.17, 15) is 0 Å². The summed E-state index contributed by atoms with van der Waals surface area (Å²) in [5.41, 5.74) is 9.22. The van der Waals surface area contributed by atoms with E-state index in [1.165, 1.54) is 5.56 Å². The smallest absolute Gasteiger partial charge is 0.227 e. The van der Waals surface area contributed by atoms with Crippen LogP contribution in [0.5, 0.6) is 11.5 Å². The Bertz CT molecular complexity index is 1290. The van der Waals surface area contributed by atoms with Crippen LogP contribution in [0.25, 0.3) is 10.9 Å². The van der Waals surface area contributed by atoms with Gasteiger partial charge in [0.15, 0.2) is 11.5 Å². The van der Waals surface area contributed by atoms with Gasteiger partial charge in [-0.1, -0.05) is 30.3 Å². The molecule has 5 rings (SSSR count). The molecule has 0 saturated carbocycles. The molecule has 4 aromatic rings. The van der Waals surface area contributed by atoms with Gasteiger partial charge < -0.3 is 25.0 Å². The van der Waals surface area contributed by atoms with Crippen LogP contribution in [0.2, 0.25) is 0 Å². The number of piperazine rings is 1. The summed E-state index contributed by atoms with van der Waals surface area (Å²) in [6.07, 6.45) is 4.15. The molecule has 3 heterocycles. The first-order valence-corrected chi connectivity index (χ1v) is 11.2. The lowest BCUT2D eigenvalue weighted by atomic mass is 10.1. The molecule has 0 unspecified atom stereocenters. The lowest BCUT2D eigenvalue weighted by molar-refractivity contribution is 0.356. The Morgan fingerprint density at radius 2 is 1.59 bits per heavy atom. The lowest BCUT2D eigenvalue weighted by Gasteiger charge is -2.35. The Kier molecular flexibility index (Phi) is 5.99. The number of rotatable bonds is 6. The highest BCUT2D eigenvalue weighted by molar-refractivity contribution is 5.92. The monoisotopic (exact) mass is 457 g/mol. The highest BCUT2D eigenvalue weighted by atomic mass is 16.5. The second kappa shape index (κ2) is 9.38. The number of hydrogen-bond acceptors (Lipinski definition) is 9. The van der Waals surface area contributed by atoms with E-state index >= 15 is 0 Å². The molecule has 0 spiro atoms. The highest BCUT2D eigenvalue weighted by Gasteiger charge is 2.23. The number of benzene rings is 2. The Morgan fingerprint density at radius 3 is 2.29 bits per heavy atom. The zero-order valence-electron chi connectivity index (χ0n) is 19.3. The quantitative estimate of drug-likeness (QED) is 0.468. The van der Waals surface area contributed by atoms with Gasteiger partial charge in [-0.05, 0) is 11.6 Å². The maximum Gasteiger partial charge on any atom is 0.227 e. The molecule has 0 bridgehead atoms. The molecule has 9 nitrogen and oxygen atoms in total. The topological polar surface area (TPSA) is 103 Å². The molecule has 0 aliphatic carbocycles. The fraction of sp³-hybridized carbons (Fsp3) is 0.280. The number of fused-ring (bicyclic) bond motifs is 1. The lowest BCUT2D eigenvalue weighted by Crippen LogP contribution is -2.47. The number of hydrogen-bond donors (Lipinski definition) is 1. The van der Waals surface area contributed by atoms with E-state index < -0.39 is 0 Å². The predicted molar refractivity (Wildman–Crippen MR) is 133 cm³/mol. The van der Waals surface area contributed by atoms with E-state index in [1.54, 1.807) is 20.5 Å². The highest BCUT2D eigenvalue weighted by Crippen LogP contribution is 2.35. The van der Waals surface area contributed by atoms with Crippen molar-refractivity contribution in [2.75, 3.05) is 55.9 Å². The van der Waals surface area contributed by atoms with Crippen molar-refractivity contribution in [1.29, 1.82) is 0 Å². The van der Waals surface area contributed by atoms with Crippen molar-refractivity contribution in [3.8, 4) is 11.5 Å². The average Bonchev–Trinajstić information content (AvgIpc) is 2.89. The first-order valence-electron chi connectivity index (χ1n) is 11.2. The summed E-state index contributed by atoms with van der Waals surface area (Å²) in [6.45, 7) is 3.07. The van der Waals surface area contributed by atoms with E-state index in [0.29, 0.717) is 23.3 Å². The molecule has 1 aliphatic heterocycles. The second-order valence-electron chi connectivity index (χ2n) is 8.14. The zero-order chi connectivity index (χ0) is 23.5. The molecule has 34 heavy (non-hydrogen) atoms. The number of nitrogens with zero attached hydrogens (tertiary/aromatic N) is 6. The maximum atomic E-state index is 6.28. The number of nitrogen functional groups attached to an aromatic ring is 1. The maximum absolute atomic E-state index is 6.28. The van der Waals surface area contributed by atoms with E-state index in [-0.39, 0.29) is 0 Å². The van der Waals surface area contributed by atoms with Gasteiger partial charge in [0.1, 0.15) is 18.0 Å². The van der Waals surface area contributed by atoms with Crippen molar-refractivity contribution in [1.82, 2.24) is 19.9 Å². The van der Waals surface area contributed by atoms with Crippen molar-refractivity contribution in [2.24, 2.45) is 0 Å². The Hall–Kier alpha value is -4.14. The normalized spacial score (nSPS) is 13.8. The minimum absolute atomic E-state index is 0.527. The number of anilines is 3. The summed E-state index contributed by atoms with van der Waals surface area (Å²) in [5, 5.41) is 0.930. The Labute approximate surface area is 198 Å². The summed E-state index contributed by atoms with van der Waals surface area (Å²) in [5.74, 6) is 3.37. The first kappa shape index (κ1) is 21.7. The van der Waals surface area contributed by atoms with Crippen molar-refractivity contribution in [2.45, 2.75) is 6.42 Å². The van der Waals surface area contributed by atoms with Crippen LogP contribution in [0.3, 0.4) is 0 Å². The van der Waals surface area contributed by atoms with Crippen molar-refractivity contribution in [3.63, 3.8) is 0 Å². The predicted octanol–water partition coefficient (Wildman–Crippen LogP) is 2.94. The van der Waals surface area contributed by atoms with Gasteiger partial charge >= 0.3 is 0 Å². The molecule has 2 N–H and O–H groups in total. The molecule has 0 atom stereocenters. The van der Waals surface area contributed by atoms with Crippen LogP contribution < -0.4 is 25.0 Å². The Morgan fingerprint density at radius 1 is 0.882 bits per heavy atom. The number of ether oxygens (including phenoxy) is 2. The second-order valence-corrected chi connectivity index (χ2v) is 8.14. The van der Waals surface area contributed by atoms with Gasteiger partial charge in [-0.2, -0.15) is 4.98 Å². The molecule has 0 radical (unpaired) electrons. The number of nitrogens with two attached hydrogens (primary N) is 1. The van der Waals surface area contributed by atoms with Crippen molar-refractivity contribution >= 4 is 28.5 Å². The number of aromatic nitrogens is 4. The fourth-order valence-corrected chi connectivity index (χ4v) is 4.25. The van der Waals surface area contributed by atoms with Gasteiger partial charge in [-0.3, -0.25) is 0 Å². The summed E-state index contributed by atoms with van der Waals surface area (Å²) in [4.78, 5) is 22.6. The summed E-state index contributed by atoms with van der Waals surface area (Å²) in [7, 11) is 3.25. The molecule has 174 valence electrons. The van der Waals surface area contributed by atoms with Crippen molar-refractivity contribution < 1.29 is 9.47 Å². The third-order valence-electron chi connectivity index (χ3n) is 6.10. The summed E-state index contributed by atoms with van der Waals surface area (Å²) >= 11 is 0. The van der Waals surface area contributed by atoms with Crippen LogP contribution in [-0.4, -0.2) is 60.3 Å². The molecule has 1 fully saturated rings. The van der Waals surface area contributed by atoms with Crippen LogP contribution in [0.1, 0.15) is 11.1 Å². The van der Waals surface area contributed by atoms with E-state index in [0.717, 1.165) is 54.9 Å². The molecule has 2 aromatic carbocycles. The van der Waals surface area contributed by atoms with Gasteiger partial charge in [-0.15, -0.1) is 0 Å². The Balaban J connectivity index is 1.31. The van der Waals surface area contributed by atoms with Crippen molar-refractivity contribution in [3.05, 3.63) is 66.1 Å². The van der Waals surface area contributed by atoms with Crippen LogP contribution in [-0.2, 0) is 6.42 Å². The minimum Gasteiger partial charge on any atom is -0.493 e. The minimum atomic E-state index is 0.527. The molecule has 0 amide bonds.